The van der Waals surface area contributed by atoms with Gasteiger partial charge < -0.3 is 20.1 Å². The van der Waals surface area contributed by atoms with E-state index in [2.05, 4.69) is 15.7 Å². The van der Waals surface area contributed by atoms with E-state index >= 15 is 0 Å². The number of rotatable bonds is 6. The van der Waals surface area contributed by atoms with Crippen LogP contribution in [0.5, 0.6) is 5.75 Å². The Balaban J connectivity index is 1.90. The van der Waals surface area contributed by atoms with E-state index in [1.54, 1.807) is 45.2 Å². The van der Waals surface area contributed by atoms with Crippen LogP contribution in [0.2, 0.25) is 0 Å². The summed E-state index contributed by atoms with van der Waals surface area (Å²) >= 11 is 0. The Morgan fingerprint density at radius 1 is 1.19 bits per heavy atom. The molecule has 0 atom stereocenters. The molecular weight excluding hydrogens is 336 g/mol. The number of carbonyl (C=O) groups excluding carboxylic acids is 2. The third-order valence-electron chi connectivity index (χ3n) is 3.27. The Labute approximate surface area is 152 Å². The van der Waals surface area contributed by atoms with Crippen LogP contribution in [0.1, 0.15) is 27.7 Å². The highest BCUT2D eigenvalue weighted by Crippen LogP contribution is 2.23. The Morgan fingerprint density at radius 3 is 2.62 bits per heavy atom. The van der Waals surface area contributed by atoms with Crippen LogP contribution >= 0.6 is 0 Å². The number of hydrogen-bond acceptors (Lipinski definition) is 5. The lowest BCUT2D eigenvalue weighted by molar-refractivity contribution is -0.157. The summed E-state index contributed by atoms with van der Waals surface area (Å²) in [6.45, 7) is 7.67. The fraction of sp³-hybridized carbons (Fsp3) is 0.389. The van der Waals surface area contributed by atoms with E-state index in [1.165, 1.54) is 10.9 Å². The normalized spacial score (nSPS) is 10.9. The third-order valence-corrected chi connectivity index (χ3v) is 3.27. The molecule has 0 unspecified atom stereocenters. The number of para-hydroxylation sites is 2. The first-order valence-electron chi connectivity index (χ1n) is 8.29. The van der Waals surface area contributed by atoms with Crippen LogP contribution in [-0.4, -0.2) is 28.4 Å². The maximum Gasteiger partial charge on any atom is 0.323 e. The number of aromatic nitrogens is 2. The van der Waals surface area contributed by atoms with Gasteiger partial charge in [0.05, 0.1) is 35.8 Å². The summed E-state index contributed by atoms with van der Waals surface area (Å²) < 4.78 is 12.1. The molecule has 1 aromatic heterocycles. The maximum atomic E-state index is 12.1. The standard InChI is InChI=1S/C18H24N4O4/c1-5-25-15-9-7-6-8-14(15)21-17(24)20-13-10-19-22(11-13)12-26-16(23)18(2,3)4/h6-11H,5,12H2,1-4H3,(H2,20,21,24). The van der Waals surface area contributed by atoms with Crippen molar-refractivity contribution in [2.45, 2.75) is 34.4 Å². The van der Waals surface area contributed by atoms with Crippen molar-refractivity contribution in [3.8, 4) is 5.75 Å². The minimum absolute atomic E-state index is 0.0213. The van der Waals surface area contributed by atoms with Gasteiger partial charge in [-0.1, -0.05) is 12.1 Å². The van der Waals surface area contributed by atoms with Crippen LogP contribution in [-0.2, 0) is 16.3 Å². The van der Waals surface area contributed by atoms with Gasteiger partial charge in [0, 0.05) is 0 Å². The van der Waals surface area contributed by atoms with Gasteiger partial charge in [0.25, 0.3) is 0 Å². The van der Waals surface area contributed by atoms with Gasteiger partial charge in [-0.2, -0.15) is 5.10 Å². The molecule has 0 spiro atoms. The van der Waals surface area contributed by atoms with Crippen molar-refractivity contribution in [1.29, 1.82) is 0 Å². The van der Waals surface area contributed by atoms with Gasteiger partial charge in [-0.15, -0.1) is 0 Å². The molecule has 0 aliphatic carbocycles. The number of hydrogen-bond donors (Lipinski definition) is 2. The van der Waals surface area contributed by atoms with Gasteiger partial charge in [-0.05, 0) is 39.8 Å². The lowest BCUT2D eigenvalue weighted by Gasteiger charge is -2.16. The average molecular weight is 360 g/mol. The van der Waals surface area contributed by atoms with Crippen molar-refractivity contribution in [3.05, 3.63) is 36.7 Å². The third kappa shape index (κ3) is 5.51. The lowest BCUT2D eigenvalue weighted by Crippen LogP contribution is -2.24. The number of ether oxygens (including phenoxy) is 2. The quantitative estimate of drug-likeness (QED) is 0.769. The monoisotopic (exact) mass is 360 g/mol. The molecular formula is C18H24N4O4. The maximum absolute atomic E-state index is 12.1. The minimum Gasteiger partial charge on any atom is -0.492 e. The second-order valence-electron chi connectivity index (χ2n) is 6.59. The minimum atomic E-state index is -0.581. The molecule has 2 aromatic rings. The van der Waals surface area contributed by atoms with Gasteiger partial charge in [0.1, 0.15) is 5.75 Å². The first-order valence-corrected chi connectivity index (χ1v) is 8.29. The Kier molecular flexibility index (Phi) is 6.21. The zero-order valence-corrected chi connectivity index (χ0v) is 15.4. The smallest absolute Gasteiger partial charge is 0.323 e. The summed E-state index contributed by atoms with van der Waals surface area (Å²) in [6.07, 6.45) is 3.04. The van der Waals surface area contributed by atoms with Crippen LogP contribution < -0.4 is 15.4 Å². The molecule has 0 fully saturated rings. The first-order chi connectivity index (χ1) is 12.3. The first kappa shape index (κ1) is 19.3. The zero-order valence-electron chi connectivity index (χ0n) is 15.4. The number of nitrogens with one attached hydrogen (secondary N) is 2. The Hall–Kier alpha value is -3.03. The van der Waals surface area contributed by atoms with Crippen LogP contribution in [0.15, 0.2) is 36.7 Å². The van der Waals surface area contributed by atoms with E-state index in [0.29, 0.717) is 23.7 Å². The molecule has 1 aromatic carbocycles. The largest absolute Gasteiger partial charge is 0.492 e. The number of nitrogens with zero attached hydrogens (tertiary/aromatic N) is 2. The lowest BCUT2D eigenvalue weighted by atomic mass is 9.98. The van der Waals surface area contributed by atoms with Crippen molar-refractivity contribution >= 4 is 23.4 Å². The SMILES string of the molecule is CCOc1ccccc1NC(=O)Nc1cnn(COC(=O)C(C)(C)C)c1. The number of carbonyl (C=O) groups is 2. The molecule has 0 saturated carbocycles. The van der Waals surface area contributed by atoms with E-state index in [4.69, 9.17) is 9.47 Å². The van der Waals surface area contributed by atoms with Crippen molar-refractivity contribution in [1.82, 2.24) is 9.78 Å². The summed E-state index contributed by atoms with van der Waals surface area (Å²) in [7, 11) is 0. The predicted octanol–water partition coefficient (Wildman–Crippen LogP) is 3.47. The highest BCUT2D eigenvalue weighted by atomic mass is 16.5. The van der Waals surface area contributed by atoms with Crippen molar-refractivity contribution in [3.63, 3.8) is 0 Å². The van der Waals surface area contributed by atoms with Gasteiger partial charge in [0.15, 0.2) is 6.73 Å². The van der Waals surface area contributed by atoms with Gasteiger partial charge in [0.2, 0.25) is 0 Å². The summed E-state index contributed by atoms with van der Waals surface area (Å²) in [5, 5.41) is 9.44. The van der Waals surface area contributed by atoms with E-state index in [1.807, 2.05) is 13.0 Å². The van der Waals surface area contributed by atoms with E-state index in [9.17, 15) is 9.59 Å². The fourth-order valence-corrected chi connectivity index (χ4v) is 1.98. The number of amides is 2. The summed E-state index contributed by atoms with van der Waals surface area (Å²) in [5.41, 5.74) is 0.462. The van der Waals surface area contributed by atoms with Crippen LogP contribution in [0.4, 0.5) is 16.2 Å². The van der Waals surface area contributed by atoms with E-state index in [-0.39, 0.29) is 12.7 Å². The number of benzene rings is 1. The van der Waals surface area contributed by atoms with Gasteiger partial charge >= 0.3 is 12.0 Å². The Morgan fingerprint density at radius 2 is 1.92 bits per heavy atom. The summed E-state index contributed by atoms with van der Waals surface area (Å²) in [6, 6.07) is 6.74. The molecule has 0 bridgehead atoms. The molecule has 2 rings (SSSR count). The van der Waals surface area contributed by atoms with E-state index < -0.39 is 11.4 Å². The summed E-state index contributed by atoms with van der Waals surface area (Å²) in [4.78, 5) is 23.9. The molecule has 0 saturated heterocycles. The number of urea groups is 1. The second kappa shape index (κ2) is 8.37. The van der Waals surface area contributed by atoms with Crippen molar-refractivity contribution in [2.24, 2.45) is 5.41 Å². The fourth-order valence-electron chi connectivity index (χ4n) is 1.98. The van der Waals surface area contributed by atoms with Crippen molar-refractivity contribution in [2.75, 3.05) is 17.2 Å². The average Bonchev–Trinajstić information content (AvgIpc) is 3.01. The Bertz CT molecular complexity index is 765. The molecule has 0 aliphatic heterocycles. The van der Waals surface area contributed by atoms with E-state index in [0.717, 1.165) is 0 Å². The van der Waals surface area contributed by atoms with Crippen molar-refractivity contribution < 1.29 is 19.1 Å². The zero-order chi connectivity index (χ0) is 19.2. The molecule has 26 heavy (non-hydrogen) atoms. The topological polar surface area (TPSA) is 94.5 Å². The predicted molar refractivity (Wildman–Crippen MR) is 98.0 cm³/mol. The highest BCUT2D eigenvalue weighted by Gasteiger charge is 2.23. The molecule has 140 valence electrons. The van der Waals surface area contributed by atoms with Crippen LogP contribution in [0.25, 0.3) is 0 Å². The molecule has 0 aliphatic rings. The second-order valence-corrected chi connectivity index (χ2v) is 6.59. The molecule has 2 N–H and O–H groups in total. The number of esters is 1. The molecule has 0 radical (unpaired) electrons. The molecule has 2 amide bonds. The summed E-state index contributed by atoms with van der Waals surface area (Å²) in [5.74, 6) is 0.266. The van der Waals surface area contributed by atoms with Crippen LogP contribution in [0.3, 0.4) is 0 Å². The number of anilines is 2. The molecule has 8 heteroatoms. The molecule has 1 heterocycles. The van der Waals surface area contributed by atoms with Gasteiger partial charge in [-0.25, -0.2) is 9.48 Å². The van der Waals surface area contributed by atoms with Gasteiger partial charge in [-0.3, -0.25) is 4.79 Å². The highest BCUT2D eigenvalue weighted by molar-refractivity contribution is 6.00. The van der Waals surface area contributed by atoms with Crippen LogP contribution in [0, 0.1) is 5.41 Å². The molecule has 8 nitrogen and oxygen atoms in total.